The average Bonchev–Trinajstić information content (AvgIpc) is 2.81. The van der Waals surface area contributed by atoms with Crippen LogP contribution in [0.4, 0.5) is 26.3 Å². The van der Waals surface area contributed by atoms with Gasteiger partial charge in [-0.1, -0.05) is 24.3 Å². The van der Waals surface area contributed by atoms with Crippen LogP contribution in [0.25, 0.3) is 22.3 Å². The first-order chi connectivity index (χ1) is 16.5. The summed E-state index contributed by atoms with van der Waals surface area (Å²) in [4.78, 5) is 12.8. The first-order valence-electron chi connectivity index (χ1n) is 10.4. The highest BCUT2D eigenvalue weighted by Gasteiger charge is 2.33. The lowest BCUT2D eigenvalue weighted by molar-refractivity contribution is -0.138. The lowest BCUT2D eigenvalue weighted by Crippen LogP contribution is -2.11. The van der Waals surface area contributed by atoms with Crippen LogP contribution in [-0.4, -0.2) is 30.9 Å². The third-order valence-corrected chi connectivity index (χ3v) is 4.97. The quantitative estimate of drug-likeness (QED) is 0.294. The first kappa shape index (κ1) is 26.1. The maximum Gasteiger partial charge on any atom is 0.416 e. The van der Waals surface area contributed by atoms with Crippen LogP contribution in [-0.2, 0) is 17.1 Å². The van der Waals surface area contributed by atoms with Gasteiger partial charge in [0.2, 0.25) is 0 Å². The minimum atomic E-state index is -4.71. The third kappa shape index (κ3) is 5.94. The Balaban J connectivity index is 2.41. The highest BCUT2D eigenvalue weighted by atomic mass is 19.4. The highest BCUT2D eigenvalue weighted by Crippen LogP contribution is 2.44. The van der Waals surface area contributed by atoms with Crippen molar-refractivity contribution in [3.8, 4) is 28.0 Å². The Bertz CT molecular complexity index is 1200. The number of halogens is 6. The van der Waals surface area contributed by atoms with Gasteiger partial charge in [0.25, 0.3) is 0 Å². The van der Waals surface area contributed by atoms with Crippen LogP contribution in [0.2, 0.25) is 0 Å². The lowest BCUT2D eigenvalue weighted by atomic mass is 9.88. The van der Waals surface area contributed by atoms with Gasteiger partial charge in [-0.3, -0.25) is 0 Å². The molecule has 186 valence electrons. The average molecular weight is 498 g/mol. The molecule has 0 aliphatic carbocycles. The number of aliphatic hydroxyl groups excluding tert-OH is 1. The van der Waals surface area contributed by atoms with Crippen molar-refractivity contribution in [2.75, 3.05) is 19.8 Å². The Morgan fingerprint density at radius 2 is 1.37 bits per heavy atom. The molecule has 0 fully saturated rings. The second-order valence-electron chi connectivity index (χ2n) is 7.31. The van der Waals surface area contributed by atoms with E-state index >= 15 is 0 Å². The van der Waals surface area contributed by atoms with E-state index in [9.17, 15) is 36.2 Å². The highest BCUT2D eigenvalue weighted by molar-refractivity contribution is 6.03. The molecule has 0 saturated carbocycles. The van der Waals surface area contributed by atoms with E-state index in [2.05, 4.69) is 0 Å². The molecule has 4 nitrogen and oxygen atoms in total. The standard InChI is InChI=1S/C25H20F6O4/c1-2-34-23(33)19-9-10-20(35-12-11-32)22(16-6-4-8-18(14-16)25(29,30)31)21(19)15-5-3-7-17(13-15)24(26,27)28/h3-10,13-14,32H,2,11-12H2,1H3. The van der Waals surface area contributed by atoms with Crippen LogP contribution in [0.1, 0.15) is 28.4 Å². The van der Waals surface area contributed by atoms with Crippen LogP contribution >= 0.6 is 0 Å². The van der Waals surface area contributed by atoms with Crippen molar-refractivity contribution >= 4 is 5.97 Å². The fourth-order valence-corrected chi connectivity index (χ4v) is 3.53. The van der Waals surface area contributed by atoms with E-state index in [1.54, 1.807) is 0 Å². The van der Waals surface area contributed by atoms with Gasteiger partial charge in [-0.2, -0.15) is 26.3 Å². The summed E-state index contributed by atoms with van der Waals surface area (Å²) in [7, 11) is 0. The molecule has 0 aliphatic rings. The van der Waals surface area contributed by atoms with E-state index in [1.807, 2.05) is 0 Å². The molecule has 3 aromatic carbocycles. The summed E-state index contributed by atoms with van der Waals surface area (Å²) >= 11 is 0. The fraction of sp³-hybridized carbons (Fsp3) is 0.240. The number of hydrogen-bond donors (Lipinski definition) is 1. The van der Waals surface area contributed by atoms with E-state index in [1.165, 1.54) is 31.2 Å². The number of carbonyl (C=O) groups excluding carboxylic acids is 1. The Hall–Kier alpha value is -3.53. The van der Waals surface area contributed by atoms with Gasteiger partial charge < -0.3 is 14.6 Å². The number of alkyl halides is 6. The predicted molar refractivity (Wildman–Crippen MR) is 116 cm³/mol. The molecule has 3 aromatic rings. The lowest BCUT2D eigenvalue weighted by Gasteiger charge is -2.20. The van der Waals surface area contributed by atoms with Crippen LogP contribution in [0.15, 0.2) is 60.7 Å². The number of hydrogen-bond acceptors (Lipinski definition) is 4. The number of benzene rings is 3. The summed E-state index contributed by atoms with van der Waals surface area (Å²) in [6.07, 6.45) is -9.40. The van der Waals surface area contributed by atoms with Crippen molar-refractivity contribution in [1.29, 1.82) is 0 Å². The van der Waals surface area contributed by atoms with Gasteiger partial charge in [0, 0.05) is 11.1 Å². The van der Waals surface area contributed by atoms with Crippen molar-refractivity contribution in [2.45, 2.75) is 19.3 Å². The van der Waals surface area contributed by atoms with E-state index in [0.717, 1.165) is 36.4 Å². The van der Waals surface area contributed by atoms with E-state index < -0.39 is 36.1 Å². The smallest absolute Gasteiger partial charge is 0.416 e. The maximum atomic E-state index is 13.4. The summed E-state index contributed by atoms with van der Waals surface area (Å²) < 4.78 is 91.2. The van der Waals surface area contributed by atoms with Crippen molar-refractivity contribution in [3.63, 3.8) is 0 Å². The normalized spacial score (nSPS) is 11.9. The number of esters is 1. The topological polar surface area (TPSA) is 55.8 Å². The number of aliphatic hydroxyl groups is 1. The van der Waals surface area contributed by atoms with Gasteiger partial charge >= 0.3 is 18.3 Å². The van der Waals surface area contributed by atoms with Crippen molar-refractivity contribution in [1.82, 2.24) is 0 Å². The minimum Gasteiger partial charge on any atom is -0.491 e. The molecule has 0 aromatic heterocycles. The van der Waals surface area contributed by atoms with Crippen molar-refractivity contribution in [3.05, 3.63) is 77.4 Å². The molecule has 0 saturated heterocycles. The number of carbonyl (C=O) groups is 1. The SMILES string of the molecule is CCOC(=O)c1ccc(OCCO)c(-c2cccc(C(F)(F)F)c2)c1-c1cccc(C(F)(F)F)c1. The van der Waals surface area contributed by atoms with Crippen LogP contribution in [0, 0.1) is 0 Å². The van der Waals surface area contributed by atoms with Gasteiger partial charge in [0.15, 0.2) is 0 Å². The zero-order valence-electron chi connectivity index (χ0n) is 18.3. The summed E-state index contributed by atoms with van der Waals surface area (Å²) in [5, 5.41) is 9.19. The maximum absolute atomic E-state index is 13.4. The largest absolute Gasteiger partial charge is 0.491 e. The van der Waals surface area contributed by atoms with Crippen LogP contribution in [0.5, 0.6) is 5.75 Å². The summed E-state index contributed by atoms with van der Waals surface area (Å²) in [5.74, 6) is -0.902. The molecule has 0 heterocycles. The predicted octanol–water partition coefficient (Wildman–Crippen LogP) is 6.61. The molecular formula is C25H20F6O4. The van der Waals surface area contributed by atoms with E-state index in [-0.39, 0.29) is 46.8 Å². The van der Waals surface area contributed by atoms with Gasteiger partial charge in [-0.25, -0.2) is 4.79 Å². The zero-order valence-corrected chi connectivity index (χ0v) is 18.3. The Morgan fingerprint density at radius 3 is 1.86 bits per heavy atom. The molecule has 1 N–H and O–H groups in total. The second kappa shape index (κ2) is 10.4. The van der Waals surface area contributed by atoms with Gasteiger partial charge in [0.05, 0.1) is 29.9 Å². The van der Waals surface area contributed by atoms with E-state index in [4.69, 9.17) is 9.47 Å². The molecule has 0 unspecified atom stereocenters. The molecule has 0 bridgehead atoms. The first-order valence-corrected chi connectivity index (χ1v) is 10.4. The number of ether oxygens (including phenoxy) is 2. The van der Waals surface area contributed by atoms with Crippen molar-refractivity contribution < 1.29 is 45.7 Å². The van der Waals surface area contributed by atoms with Crippen molar-refractivity contribution in [2.24, 2.45) is 0 Å². The molecule has 0 radical (unpaired) electrons. The monoisotopic (exact) mass is 498 g/mol. The molecule has 35 heavy (non-hydrogen) atoms. The summed E-state index contributed by atoms with van der Waals surface area (Å²) in [5.41, 5.74) is -2.44. The van der Waals surface area contributed by atoms with Gasteiger partial charge in [0.1, 0.15) is 12.4 Å². The minimum absolute atomic E-state index is 0.0289. The second-order valence-corrected chi connectivity index (χ2v) is 7.31. The summed E-state index contributed by atoms with van der Waals surface area (Å²) in [6.45, 7) is 0.824. The zero-order chi connectivity index (χ0) is 25.8. The molecule has 10 heteroatoms. The molecular weight excluding hydrogens is 478 g/mol. The van der Waals surface area contributed by atoms with Crippen LogP contribution < -0.4 is 4.74 Å². The Kier molecular flexibility index (Phi) is 7.74. The molecule has 3 rings (SSSR count). The summed E-state index contributed by atoms with van der Waals surface area (Å²) in [6, 6.07) is 10.7. The molecule has 0 spiro atoms. The van der Waals surface area contributed by atoms with E-state index in [0.29, 0.717) is 0 Å². The van der Waals surface area contributed by atoms with Gasteiger partial charge in [-0.05, 0) is 54.4 Å². The Labute approximate surface area is 196 Å². The third-order valence-electron chi connectivity index (χ3n) is 4.97. The number of rotatable bonds is 7. The van der Waals surface area contributed by atoms with Crippen LogP contribution in [0.3, 0.4) is 0 Å². The fourth-order valence-electron chi connectivity index (χ4n) is 3.53. The molecule has 0 amide bonds. The molecule has 0 atom stereocenters. The Morgan fingerprint density at radius 1 is 0.829 bits per heavy atom. The molecule has 0 aliphatic heterocycles. The van der Waals surface area contributed by atoms with Gasteiger partial charge in [-0.15, -0.1) is 0 Å².